The summed E-state index contributed by atoms with van der Waals surface area (Å²) in [6.07, 6.45) is 0.884. The molecule has 2 aromatic rings. The molecule has 3 N–H and O–H groups in total. The SMILES string of the molecule is CCc1ccccc1NC(=O)C(CN)c1ccccc1. The summed E-state index contributed by atoms with van der Waals surface area (Å²) in [5, 5.41) is 2.99. The van der Waals surface area contributed by atoms with Crippen LogP contribution in [0, 0.1) is 0 Å². The van der Waals surface area contributed by atoms with E-state index in [1.54, 1.807) is 0 Å². The smallest absolute Gasteiger partial charge is 0.233 e. The van der Waals surface area contributed by atoms with Gasteiger partial charge >= 0.3 is 0 Å². The maximum absolute atomic E-state index is 12.4. The standard InChI is InChI=1S/C17H20N2O/c1-2-13-8-6-7-11-16(13)19-17(20)15(12-18)14-9-4-3-5-10-14/h3-11,15H,2,12,18H2,1H3,(H,19,20). The molecule has 0 fully saturated rings. The van der Waals surface area contributed by atoms with Crippen LogP contribution in [0.15, 0.2) is 54.6 Å². The molecule has 3 heteroatoms. The van der Waals surface area contributed by atoms with Crippen LogP contribution in [0.25, 0.3) is 0 Å². The van der Waals surface area contributed by atoms with Gasteiger partial charge in [-0.15, -0.1) is 0 Å². The van der Waals surface area contributed by atoms with Crippen LogP contribution in [0.2, 0.25) is 0 Å². The fourth-order valence-electron chi connectivity index (χ4n) is 2.25. The van der Waals surface area contributed by atoms with E-state index in [1.807, 2.05) is 54.6 Å². The zero-order chi connectivity index (χ0) is 14.4. The predicted molar refractivity (Wildman–Crippen MR) is 82.7 cm³/mol. The Labute approximate surface area is 119 Å². The molecule has 2 aromatic carbocycles. The van der Waals surface area contributed by atoms with E-state index in [9.17, 15) is 4.79 Å². The Hall–Kier alpha value is -2.13. The van der Waals surface area contributed by atoms with E-state index in [0.717, 1.165) is 23.2 Å². The van der Waals surface area contributed by atoms with E-state index in [4.69, 9.17) is 5.73 Å². The zero-order valence-corrected chi connectivity index (χ0v) is 11.7. The van der Waals surface area contributed by atoms with Gasteiger partial charge in [0.05, 0.1) is 5.92 Å². The summed E-state index contributed by atoms with van der Waals surface area (Å²) in [4.78, 5) is 12.4. The molecule has 1 unspecified atom stereocenters. The van der Waals surface area contributed by atoms with Crippen molar-refractivity contribution in [1.29, 1.82) is 0 Å². The number of hydrogen-bond acceptors (Lipinski definition) is 2. The first kappa shape index (κ1) is 14.3. The Kier molecular flexibility index (Phi) is 4.91. The Bertz CT molecular complexity index is 566. The van der Waals surface area contributed by atoms with Gasteiger partial charge in [0.15, 0.2) is 0 Å². The first-order chi connectivity index (χ1) is 9.76. The van der Waals surface area contributed by atoms with Gasteiger partial charge in [-0.1, -0.05) is 55.5 Å². The number of hydrogen-bond donors (Lipinski definition) is 2. The minimum Gasteiger partial charge on any atom is -0.329 e. The zero-order valence-electron chi connectivity index (χ0n) is 11.7. The van der Waals surface area contributed by atoms with Gasteiger partial charge in [0.25, 0.3) is 0 Å². The van der Waals surface area contributed by atoms with Crippen molar-refractivity contribution < 1.29 is 4.79 Å². The van der Waals surface area contributed by atoms with Crippen molar-refractivity contribution >= 4 is 11.6 Å². The second-order valence-corrected chi connectivity index (χ2v) is 4.70. The van der Waals surface area contributed by atoms with Gasteiger partial charge < -0.3 is 11.1 Å². The molecule has 0 bridgehead atoms. The molecule has 104 valence electrons. The Morgan fingerprint density at radius 3 is 2.40 bits per heavy atom. The highest BCUT2D eigenvalue weighted by Gasteiger charge is 2.19. The molecule has 0 radical (unpaired) electrons. The summed E-state index contributed by atoms with van der Waals surface area (Å²) in [5.74, 6) is -0.374. The molecule has 2 rings (SSSR count). The van der Waals surface area contributed by atoms with Gasteiger partial charge in [0.1, 0.15) is 0 Å². The molecule has 1 atom stereocenters. The minimum atomic E-state index is -0.318. The molecular weight excluding hydrogens is 248 g/mol. The van der Waals surface area contributed by atoms with Crippen molar-refractivity contribution in [3.8, 4) is 0 Å². The molecule has 0 heterocycles. The van der Waals surface area contributed by atoms with Crippen LogP contribution < -0.4 is 11.1 Å². The lowest BCUT2D eigenvalue weighted by atomic mass is 9.98. The number of para-hydroxylation sites is 1. The van der Waals surface area contributed by atoms with Crippen molar-refractivity contribution in [2.24, 2.45) is 5.73 Å². The average Bonchev–Trinajstić information content (AvgIpc) is 2.49. The molecule has 0 aliphatic rings. The Morgan fingerprint density at radius 1 is 1.10 bits per heavy atom. The van der Waals surface area contributed by atoms with Crippen LogP contribution in [0.4, 0.5) is 5.69 Å². The molecule has 0 saturated heterocycles. The van der Waals surface area contributed by atoms with Gasteiger partial charge in [-0.25, -0.2) is 0 Å². The second-order valence-electron chi connectivity index (χ2n) is 4.70. The number of nitrogens with one attached hydrogen (secondary N) is 1. The fourth-order valence-corrected chi connectivity index (χ4v) is 2.25. The number of nitrogens with two attached hydrogens (primary N) is 1. The van der Waals surface area contributed by atoms with Crippen molar-refractivity contribution in [1.82, 2.24) is 0 Å². The summed E-state index contributed by atoms with van der Waals surface area (Å²) in [6.45, 7) is 2.37. The van der Waals surface area contributed by atoms with Gasteiger partial charge in [-0.2, -0.15) is 0 Å². The lowest BCUT2D eigenvalue weighted by Gasteiger charge is -2.16. The topological polar surface area (TPSA) is 55.1 Å². The molecule has 0 aromatic heterocycles. The van der Waals surface area contributed by atoms with E-state index in [2.05, 4.69) is 12.2 Å². The molecule has 0 aliphatic carbocycles. The Morgan fingerprint density at radius 2 is 1.75 bits per heavy atom. The molecule has 20 heavy (non-hydrogen) atoms. The van der Waals surface area contributed by atoms with Crippen molar-refractivity contribution in [3.05, 3.63) is 65.7 Å². The third-order valence-electron chi connectivity index (χ3n) is 3.41. The number of aryl methyl sites for hydroxylation is 1. The van der Waals surface area contributed by atoms with E-state index >= 15 is 0 Å². The summed E-state index contributed by atoms with van der Waals surface area (Å²) in [7, 11) is 0. The van der Waals surface area contributed by atoms with E-state index in [-0.39, 0.29) is 11.8 Å². The highest BCUT2D eigenvalue weighted by Crippen LogP contribution is 2.20. The monoisotopic (exact) mass is 268 g/mol. The van der Waals surface area contributed by atoms with E-state index in [1.165, 1.54) is 0 Å². The average molecular weight is 268 g/mol. The van der Waals surface area contributed by atoms with Crippen molar-refractivity contribution in [3.63, 3.8) is 0 Å². The molecule has 1 amide bonds. The largest absolute Gasteiger partial charge is 0.329 e. The first-order valence-corrected chi connectivity index (χ1v) is 6.90. The van der Waals surface area contributed by atoms with Crippen LogP contribution in [0.1, 0.15) is 24.0 Å². The minimum absolute atomic E-state index is 0.0559. The quantitative estimate of drug-likeness (QED) is 0.876. The van der Waals surface area contributed by atoms with Crippen LogP contribution >= 0.6 is 0 Å². The van der Waals surface area contributed by atoms with E-state index in [0.29, 0.717) is 6.54 Å². The van der Waals surface area contributed by atoms with Gasteiger partial charge in [-0.3, -0.25) is 4.79 Å². The second kappa shape index (κ2) is 6.87. The van der Waals surface area contributed by atoms with Crippen molar-refractivity contribution in [2.75, 3.05) is 11.9 Å². The Balaban J connectivity index is 2.18. The van der Waals surface area contributed by atoms with Crippen LogP contribution in [-0.4, -0.2) is 12.5 Å². The highest BCUT2D eigenvalue weighted by atomic mass is 16.1. The fraction of sp³-hybridized carbons (Fsp3) is 0.235. The third kappa shape index (κ3) is 3.25. The van der Waals surface area contributed by atoms with Gasteiger partial charge in [-0.05, 0) is 23.6 Å². The van der Waals surface area contributed by atoms with Crippen LogP contribution in [0.5, 0.6) is 0 Å². The lowest BCUT2D eigenvalue weighted by Crippen LogP contribution is -2.27. The molecule has 0 saturated carbocycles. The highest BCUT2D eigenvalue weighted by molar-refractivity contribution is 5.96. The number of anilines is 1. The van der Waals surface area contributed by atoms with E-state index < -0.39 is 0 Å². The normalized spacial score (nSPS) is 11.9. The van der Waals surface area contributed by atoms with Crippen LogP contribution in [-0.2, 0) is 11.2 Å². The maximum Gasteiger partial charge on any atom is 0.233 e. The number of carbonyl (C=O) groups excluding carboxylic acids is 1. The maximum atomic E-state index is 12.4. The first-order valence-electron chi connectivity index (χ1n) is 6.90. The lowest BCUT2D eigenvalue weighted by molar-refractivity contribution is -0.117. The number of benzene rings is 2. The third-order valence-corrected chi connectivity index (χ3v) is 3.41. The van der Waals surface area contributed by atoms with Gasteiger partial charge in [0.2, 0.25) is 5.91 Å². The van der Waals surface area contributed by atoms with Crippen LogP contribution in [0.3, 0.4) is 0 Å². The summed E-state index contributed by atoms with van der Waals surface area (Å²) in [6, 6.07) is 17.5. The molecule has 0 spiro atoms. The van der Waals surface area contributed by atoms with Crippen molar-refractivity contribution in [2.45, 2.75) is 19.3 Å². The summed E-state index contributed by atoms with van der Waals surface area (Å²) >= 11 is 0. The predicted octanol–water partition coefficient (Wildman–Crippen LogP) is 2.93. The molecule has 3 nitrogen and oxygen atoms in total. The molecule has 0 aliphatic heterocycles. The molecular formula is C17H20N2O. The number of rotatable bonds is 5. The number of amides is 1. The van der Waals surface area contributed by atoms with Gasteiger partial charge in [0, 0.05) is 12.2 Å². The number of carbonyl (C=O) groups is 1. The summed E-state index contributed by atoms with van der Waals surface area (Å²) in [5.41, 5.74) is 8.71. The summed E-state index contributed by atoms with van der Waals surface area (Å²) < 4.78 is 0.